The smallest absolute Gasteiger partial charge is 0.221 e. The lowest BCUT2D eigenvalue weighted by molar-refractivity contribution is 0.355. The van der Waals surface area contributed by atoms with Crippen molar-refractivity contribution in [3.63, 3.8) is 0 Å². The first-order valence-corrected chi connectivity index (χ1v) is 10.8. The fraction of sp³-hybridized carbons (Fsp3) is 0.240. The van der Waals surface area contributed by atoms with Crippen molar-refractivity contribution >= 4 is 38.6 Å². The normalized spacial score (nSPS) is 11.9. The van der Waals surface area contributed by atoms with E-state index in [1.807, 2.05) is 24.3 Å². The SMILES string of the molecule is COc1cc2oc3c(c(-c4ccc5oc(C(C)C)cc5c4OC)nn4cnnc34)c2cc1OC. The van der Waals surface area contributed by atoms with Crippen molar-refractivity contribution in [1.29, 1.82) is 0 Å². The Kier molecular flexibility index (Phi) is 4.41. The zero-order valence-corrected chi connectivity index (χ0v) is 19.4. The zero-order valence-electron chi connectivity index (χ0n) is 19.4. The maximum Gasteiger partial charge on any atom is 0.221 e. The number of fused-ring (bicyclic) bond motifs is 6. The van der Waals surface area contributed by atoms with Gasteiger partial charge in [0, 0.05) is 22.9 Å². The summed E-state index contributed by atoms with van der Waals surface area (Å²) in [5.41, 5.74) is 3.92. The number of nitrogens with zero attached hydrogens (tertiary/aromatic N) is 4. The maximum atomic E-state index is 6.27. The second-order valence-electron chi connectivity index (χ2n) is 8.32. The summed E-state index contributed by atoms with van der Waals surface area (Å²) in [6.45, 7) is 4.19. The van der Waals surface area contributed by atoms with Crippen LogP contribution in [0.25, 0.3) is 49.8 Å². The number of ether oxygens (including phenoxy) is 3. The van der Waals surface area contributed by atoms with E-state index in [1.165, 1.54) is 0 Å². The van der Waals surface area contributed by atoms with Gasteiger partial charge in [-0.1, -0.05) is 13.8 Å². The lowest BCUT2D eigenvalue weighted by atomic mass is 10.0. The number of hydrogen-bond acceptors (Lipinski definition) is 8. The van der Waals surface area contributed by atoms with Crippen LogP contribution in [0.2, 0.25) is 0 Å². The molecule has 0 atom stereocenters. The van der Waals surface area contributed by atoms with Crippen LogP contribution in [-0.2, 0) is 0 Å². The lowest BCUT2D eigenvalue weighted by Gasteiger charge is -2.11. The van der Waals surface area contributed by atoms with Gasteiger partial charge >= 0.3 is 0 Å². The van der Waals surface area contributed by atoms with E-state index < -0.39 is 0 Å². The predicted octanol–water partition coefficient (Wildman–Crippen LogP) is 5.59. The van der Waals surface area contributed by atoms with Gasteiger partial charge in [-0.25, -0.2) is 0 Å². The molecule has 2 aromatic carbocycles. The largest absolute Gasteiger partial charge is 0.495 e. The minimum Gasteiger partial charge on any atom is -0.495 e. The minimum atomic E-state index is 0.249. The number of rotatable bonds is 5. The molecule has 0 saturated heterocycles. The van der Waals surface area contributed by atoms with E-state index in [0.717, 1.165) is 33.1 Å². The van der Waals surface area contributed by atoms with Gasteiger partial charge in [0.05, 0.1) is 32.1 Å². The third-order valence-corrected chi connectivity index (χ3v) is 6.07. The van der Waals surface area contributed by atoms with Gasteiger partial charge in [-0.2, -0.15) is 9.61 Å². The van der Waals surface area contributed by atoms with Gasteiger partial charge in [-0.05, 0) is 24.3 Å². The molecule has 9 nitrogen and oxygen atoms in total. The Labute approximate surface area is 193 Å². The van der Waals surface area contributed by atoms with Crippen LogP contribution in [0.4, 0.5) is 0 Å². The highest BCUT2D eigenvalue weighted by Gasteiger charge is 2.24. The first kappa shape index (κ1) is 20.3. The molecule has 9 heteroatoms. The number of methoxy groups -OCH3 is 3. The van der Waals surface area contributed by atoms with Crippen molar-refractivity contribution in [2.24, 2.45) is 0 Å². The molecule has 0 unspecified atom stereocenters. The molecular formula is C25H22N4O5. The van der Waals surface area contributed by atoms with Crippen LogP contribution >= 0.6 is 0 Å². The minimum absolute atomic E-state index is 0.249. The Morgan fingerprint density at radius 1 is 0.882 bits per heavy atom. The number of hydrogen-bond donors (Lipinski definition) is 0. The standard InChI is InChI=1S/C25H22N4O5/c1-12(2)17-9-15-16(33-17)7-6-13(23(15)32-5)22-21-14-8-19(30-3)20(31-4)10-18(14)34-24(21)25-27-26-11-29(25)28-22/h6-12H,1-5H3. The van der Waals surface area contributed by atoms with Gasteiger partial charge < -0.3 is 23.0 Å². The molecule has 0 fully saturated rings. The van der Waals surface area contributed by atoms with Crippen molar-refractivity contribution in [3.05, 3.63) is 42.4 Å². The molecule has 34 heavy (non-hydrogen) atoms. The Morgan fingerprint density at radius 2 is 1.68 bits per heavy atom. The van der Waals surface area contributed by atoms with Crippen LogP contribution in [0.1, 0.15) is 25.5 Å². The van der Waals surface area contributed by atoms with Crippen molar-refractivity contribution < 1.29 is 23.0 Å². The van der Waals surface area contributed by atoms with Gasteiger partial charge in [0.2, 0.25) is 5.65 Å². The summed E-state index contributed by atoms with van der Waals surface area (Å²) in [6.07, 6.45) is 1.55. The third-order valence-electron chi connectivity index (χ3n) is 6.07. The van der Waals surface area contributed by atoms with Crippen molar-refractivity contribution in [1.82, 2.24) is 19.8 Å². The number of aromatic nitrogens is 4. The fourth-order valence-corrected chi connectivity index (χ4v) is 4.41. The molecule has 0 N–H and O–H groups in total. The average Bonchev–Trinajstić information content (AvgIpc) is 3.57. The topological polar surface area (TPSA) is 97.1 Å². The highest BCUT2D eigenvalue weighted by atomic mass is 16.5. The van der Waals surface area contributed by atoms with E-state index in [4.69, 9.17) is 28.1 Å². The Hall–Kier alpha value is -4.27. The van der Waals surface area contributed by atoms with Gasteiger partial charge in [0.15, 0.2) is 17.1 Å². The molecule has 4 heterocycles. The summed E-state index contributed by atoms with van der Waals surface area (Å²) in [7, 11) is 4.84. The molecule has 0 aliphatic carbocycles. The quantitative estimate of drug-likeness (QED) is 0.330. The Bertz CT molecular complexity index is 1710. The highest BCUT2D eigenvalue weighted by molar-refractivity contribution is 6.16. The van der Waals surface area contributed by atoms with Crippen LogP contribution in [0.3, 0.4) is 0 Å². The van der Waals surface area contributed by atoms with Crippen LogP contribution in [0.15, 0.2) is 45.5 Å². The molecule has 172 valence electrons. The summed E-state index contributed by atoms with van der Waals surface area (Å²) >= 11 is 0. The molecule has 0 amide bonds. The first-order valence-electron chi connectivity index (χ1n) is 10.8. The summed E-state index contributed by atoms with van der Waals surface area (Å²) in [4.78, 5) is 0. The number of benzene rings is 2. The van der Waals surface area contributed by atoms with Crippen LogP contribution in [-0.4, -0.2) is 41.1 Å². The first-order chi connectivity index (χ1) is 16.5. The Morgan fingerprint density at radius 3 is 2.41 bits per heavy atom. The van der Waals surface area contributed by atoms with E-state index in [9.17, 15) is 0 Å². The molecule has 4 aromatic heterocycles. The van der Waals surface area contributed by atoms with Gasteiger partial charge in [-0.15, -0.1) is 10.2 Å². The molecule has 0 bridgehead atoms. The van der Waals surface area contributed by atoms with Crippen molar-refractivity contribution in [3.8, 4) is 28.5 Å². The summed E-state index contributed by atoms with van der Waals surface area (Å²) in [6, 6.07) is 9.60. The predicted molar refractivity (Wildman–Crippen MR) is 127 cm³/mol. The van der Waals surface area contributed by atoms with Gasteiger partial charge in [-0.3, -0.25) is 0 Å². The summed E-state index contributed by atoms with van der Waals surface area (Å²) < 4.78 is 30.8. The Balaban J connectivity index is 1.75. The molecule has 0 aliphatic rings. The molecule has 0 aliphatic heterocycles. The molecule has 6 aromatic rings. The lowest BCUT2D eigenvalue weighted by Crippen LogP contribution is -1.97. The van der Waals surface area contributed by atoms with E-state index in [-0.39, 0.29) is 5.92 Å². The van der Waals surface area contributed by atoms with E-state index in [1.54, 1.807) is 38.2 Å². The maximum absolute atomic E-state index is 6.27. The van der Waals surface area contributed by atoms with Crippen LogP contribution in [0, 0.1) is 0 Å². The molecule has 0 radical (unpaired) electrons. The second kappa shape index (κ2) is 7.38. The molecule has 0 saturated carbocycles. The van der Waals surface area contributed by atoms with Crippen LogP contribution < -0.4 is 14.2 Å². The van der Waals surface area contributed by atoms with E-state index >= 15 is 0 Å². The van der Waals surface area contributed by atoms with Crippen LogP contribution in [0.5, 0.6) is 17.2 Å². The third kappa shape index (κ3) is 2.76. The molecular weight excluding hydrogens is 436 g/mol. The highest BCUT2D eigenvalue weighted by Crippen LogP contribution is 2.45. The zero-order chi connectivity index (χ0) is 23.6. The molecule has 0 spiro atoms. The number of furan rings is 2. The van der Waals surface area contributed by atoms with Gasteiger partial charge in [0.1, 0.15) is 34.7 Å². The molecule has 6 rings (SSSR count). The van der Waals surface area contributed by atoms with Gasteiger partial charge in [0.25, 0.3) is 0 Å². The average molecular weight is 458 g/mol. The second-order valence-corrected chi connectivity index (χ2v) is 8.32. The monoisotopic (exact) mass is 458 g/mol. The van der Waals surface area contributed by atoms with Crippen molar-refractivity contribution in [2.45, 2.75) is 19.8 Å². The summed E-state index contributed by atoms with van der Waals surface area (Å²) in [5, 5.41) is 15.6. The summed E-state index contributed by atoms with van der Waals surface area (Å²) in [5.74, 6) is 2.97. The fourth-order valence-electron chi connectivity index (χ4n) is 4.41. The van der Waals surface area contributed by atoms with Crippen molar-refractivity contribution in [2.75, 3.05) is 21.3 Å². The van der Waals surface area contributed by atoms with E-state index in [2.05, 4.69) is 24.0 Å². The van der Waals surface area contributed by atoms with E-state index in [0.29, 0.717) is 39.8 Å².